The highest BCUT2D eigenvalue weighted by atomic mass is 15.2. The first-order chi connectivity index (χ1) is 49.5. The lowest BCUT2D eigenvalue weighted by Gasteiger charge is -2.45. The Labute approximate surface area is 560 Å². The minimum absolute atomic E-state index is 0.0129. The fraction of sp³-hybridized carbons (Fsp3) is 0.140. The Hall–Kier alpha value is -11.1. The molecule has 0 saturated carbocycles. The van der Waals surface area contributed by atoms with Crippen LogP contribution in [0.25, 0.3) is 88.4 Å². The molecule has 0 radical (unpaired) electrons. The van der Waals surface area contributed by atoms with E-state index in [-0.39, 0.29) is 73.3 Å². The van der Waals surface area contributed by atoms with E-state index in [1.165, 1.54) is 0 Å². The van der Waals surface area contributed by atoms with Crippen LogP contribution in [-0.4, -0.2) is 15.8 Å². The highest BCUT2D eigenvalue weighted by molar-refractivity contribution is 7.00. The highest BCUT2D eigenvalue weighted by Crippen LogP contribution is 2.50. The molecule has 0 unspecified atom stereocenters. The van der Waals surface area contributed by atoms with Crippen LogP contribution >= 0.6 is 0 Å². The lowest BCUT2D eigenvalue weighted by Crippen LogP contribution is -2.61. The predicted molar refractivity (Wildman–Crippen MR) is 391 cm³/mol. The van der Waals surface area contributed by atoms with Gasteiger partial charge in [0.15, 0.2) is 0 Å². The van der Waals surface area contributed by atoms with E-state index in [0.717, 1.165) is 54.9 Å². The van der Waals surface area contributed by atoms with Crippen molar-refractivity contribution in [2.75, 3.05) is 9.80 Å². The van der Waals surface area contributed by atoms with Gasteiger partial charge >= 0.3 is 0 Å². The highest BCUT2D eigenvalue weighted by Gasteiger charge is 2.44. The van der Waals surface area contributed by atoms with Gasteiger partial charge in [-0.2, -0.15) is 10.5 Å². The quantitative estimate of drug-likeness (QED) is 0.149. The number of para-hydroxylation sites is 4. The summed E-state index contributed by atoms with van der Waals surface area (Å²) in [5, 5.41) is 26.3. The zero-order valence-electron chi connectivity index (χ0n) is 64.2. The molecule has 0 atom stereocenters. The van der Waals surface area contributed by atoms with Gasteiger partial charge in [0.2, 0.25) is 0 Å². The van der Waals surface area contributed by atoms with Gasteiger partial charge in [-0.3, -0.25) is 0 Å². The van der Waals surface area contributed by atoms with Crippen molar-refractivity contribution in [2.24, 2.45) is 0 Å². The van der Waals surface area contributed by atoms with Gasteiger partial charge in [0.1, 0.15) is 12.1 Å². The Morgan fingerprint density at radius 2 is 0.731 bits per heavy atom. The standard InChI is InChI=1S/C86H69BN6/c1-84(2,3)62-25-21-24-55(42-62)61-47-81-83-82(48-61)91(66-39-35-59(53-89)78(51-66)93-75-32-19-15-28-69(75)70-29-16-20-33-76(70)93)80-46-57(60-43-63(85(4,5)6)49-64(44-60)86(7,8)9)37-41-72(80)87(83)71-40-36-56(54-22-11-10-12-23-54)45-79(71)90(81)65-38-34-58(52-88)77(50-65)92-73-30-17-13-26-67(73)68-27-14-18-31-74(68)92/h10-51H,1-9H3/i10D,11D,12D,22D,23D,34D,35D,38D,39D,50D,51D. The number of hydrogen-bond acceptors (Lipinski definition) is 4. The second-order valence-electron chi connectivity index (χ2n) is 27.6. The second-order valence-corrected chi connectivity index (χ2v) is 27.6. The van der Waals surface area contributed by atoms with Gasteiger partial charge in [0, 0.05) is 55.7 Å². The Balaban J connectivity index is 1.11. The number of hydrogen-bond donors (Lipinski definition) is 0. The maximum Gasteiger partial charge on any atom is 0.252 e. The minimum atomic E-state index is -0.815. The Morgan fingerprint density at radius 3 is 1.16 bits per heavy atom. The van der Waals surface area contributed by atoms with Crippen LogP contribution in [0.5, 0.6) is 0 Å². The summed E-state index contributed by atoms with van der Waals surface area (Å²) < 4.78 is 113. The summed E-state index contributed by atoms with van der Waals surface area (Å²) in [5.74, 6) is 0. The van der Waals surface area contributed by atoms with Crippen molar-refractivity contribution in [3.05, 3.63) is 282 Å². The lowest BCUT2D eigenvalue weighted by atomic mass is 9.33. The summed E-state index contributed by atoms with van der Waals surface area (Å²) in [6, 6.07) is 61.0. The van der Waals surface area contributed by atoms with Gasteiger partial charge in [-0.25, -0.2) is 0 Å². The molecule has 7 heteroatoms. The number of fused-ring (bicyclic) bond motifs is 10. The molecule has 6 nitrogen and oxygen atoms in total. The summed E-state index contributed by atoms with van der Waals surface area (Å²) in [6.45, 7) is 18.7. The lowest BCUT2D eigenvalue weighted by molar-refractivity contribution is 0.569. The topological polar surface area (TPSA) is 63.9 Å². The first kappa shape index (κ1) is 46.0. The molecule has 0 N–H and O–H groups in total. The fourth-order valence-corrected chi connectivity index (χ4v) is 14.0. The van der Waals surface area contributed by atoms with Gasteiger partial charge in [-0.15, -0.1) is 0 Å². The summed E-state index contributed by atoms with van der Waals surface area (Å²) in [6.07, 6.45) is 0. The summed E-state index contributed by atoms with van der Waals surface area (Å²) in [5.41, 5.74) is 11.2. The van der Waals surface area contributed by atoms with E-state index in [2.05, 4.69) is 123 Å². The first-order valence-electron chi connectivity index (χ1n) is 37.0. The second kappa shape index (κ2) is 21.2. The van der Waals surface area contributed by atoms with Crippen molar-refractivity contribution in [3.63, 3.8) is 0 Å². The van der Waals surface area contributed by atoms with Gasteiger partial charge in [-0.05, 0) is 167 Å². The van der Waals surface area contributed by atoms with Gasteiger partial charge in [0.05, 0.1) is 59.6 Å². The van der Waals surface area contributed by atoms with Crippen molar-refractivity contribution < 1.29 is 15.1 Å². The fourth-order valence-electron chi connectivity index (χ4n) is 14.0. The molecule has 12 aromatic carbocycles. The monoisotopic (exact) mass is 1210 g/mol. The molecule has 14 aromatic rings. The van der Waals surface area contributed by atoms with E-state index in [1.54, 1.807) is 17.0 Å². The van der Waals surface area contributed by atoms with Gasteiger partial charge in [-0.1, -0.05) is 232 Å². The van der Waals surface area contributed by atoms with E-state index < -0.39 is 61.1 Å². The van der Waals surface area contributed by atoms with E-state index in [1.807, 2.05) is 141 Å². The zero-order valence-corrected chi connectivity index (χ0v) is 53.2. The van der Waals surface area contributed by atoms with E-state index in [9.17, 15) is 21.5 Å². The average Bonchev–Trinajstić information content (AvgIpc) is 0.784. The van der Waals surface area contributed by atoms with Crippen LogP contribution in [0.2, 0.25) is 0 Å². The number of anilines is 6. The number of aromatic nitrogens is 2. The van der Waals surface area contributed by atoms with E-state index >= 15 is 0 Å². The number of nitriles is 2. The molecule has 0 spiro atoms. The van der Waals surface area contributed by atoms with Gasteiger partial charge < -0.3 is 18.9 Å². The Bertz CT molecular complexity index is 6050. The molecule has 0 saturated heterocycles. The molecule has 16 rings (SSSR count). The first-order valence-corrected chi connectivity index (χ1v) is 31.5. The predicted octanol–water partition coefficient (Wildman–Crippen LogP) is 20.6. The molecule has 4 heterocycles. The number of rotatable bonds is 7. The molecular weight excluding hydrogens is 1130 g/mol. The third-order valence-corrected chi connectivity index (χ3v) is 18.8. The number of benzene rings is 12. The van der Waals surface area contributed by atoms with Crippen LogP contribution in [-0.2, 0) is 16.2 Å². The molecule has 0 fully saturated rings. The molecule has 93 heavy (non-hydrogen) atoms. The van der Waals surface area contributed by atoms with Crippen LogP contribution in [0, 0.1) is 22.7 Å². The molecule has 2 aliphatic heterocycles. The van der Waals surface area contributed by atoms with Crippen LogP contribution in [0.15, 0.2) is 255 Å². The molecule has 0 bridgehead atoms. The van der Waals surface area contributed by atoms with Crippen molar-refractivity contribution >= 4 is 101 Å². The Kier molecular flexibility index (Phi) is 10.5. The maximum absolute atomic E-state index is 11.5. The zero-order chi connectivity index (χ0) is 73.4. The third-order valence-electron chi connectivity index (χ3n) is 18.8. The SMILES string of the molecule is [2H]c1c([2H])c([2H])c(-c2ccc3c(c2)N(c2c([2H])c([2H])c(C#N)c(-n4c5ccccc5c5ccccc54)c2[2H])c2cc(-c4cccc(C(C)(C)C)c4)cc4c2B3c2ccc(-c3cc(C(C)(C)C)cc(C(C)(C)C)c3)cc2N4c2c([2H])c([2H])c(C#N)c(-n3c4ccccc4c4ccccc43)c2[2H])c([2H])c1[2H]. The van der Waals surface area contributed by atoms with Crippen LogP contribution in [0.3, 0.4) is 0 Å². The summed E-state index contributed by atoms with van der Waals surface area (Å²) in [7, 11) is 0. The van der Waals surface area contributed by atoms with Crippen LogP contribution < -0.4 is 26.2 Å². The minimum Gasteiger partial charge on any atom is -0.311 e. The van der Waals surface area contributed by atoms with Gasteiger partial charge in [0.25, 0.3) is 6.71 Å². The van der Waals surface area contributed by atoms with Crippen LogP contribution in [0.4, 0.5) is 34.1 Å². The number of nitrogens with zero attached hydrogens (tertiary/aromatic N) is 6. The average molecular weight is 1210 g/mol. The van der Waals surface area contributed by atoms with Crippen LogP contribution in [0.1, 0.15) is 105 Å². The molecule has 2 aromatic heterocycles. The Morgan fingerprint density at radius 1 is 0.344 bits per heavy atom. The van der Waals surface area contributed by atoms with Crippen molar-refractivity contribution in [1.29, 1.82) is 10.5 Å². The van der Waals surface area contributed by atoms with Crippen molar-refractivity contribution in [2.45, 2.75) is 78.6 Å². The summed E-state index contributed by atoms with van der Waals surface area (Å²) >= 11 is 0. The molecule has 0 aliphatic carbocycles. The third kappa shape index (κ3) is 9.28. The maximum atomic E-state index is 11.5. The van der Waals surface area contributed by atoms with Crippen molar-refractivity contribution in [3.8, 4) is 56.9 Å². The smallest absolute Gasteiger partial charge is 0.252 e. The molecule has 0 amide bonds. The normalized spacial score (nSPS) is 14.6. The van der Waals surface area contributed by atoms with E-state index in [4.69, 9.17) is 4.11 Å². The van der Waals surface area contributed by atoms with E-state index in [0.29, 0.717) is 66.8 Å². The molecular formula is C86H69BN6. The van der Waals surface area contributed by atoms with Crippen molar-refractivity contribution in [1.82, 2.24) is 9.13 Å². The largest absolute Gasteiger partial charge is 0.311 e. The summed E-state index contributed by atoms with van der Waals surface area (Å²) in [4.78, 5) is 3.66. The molecule has 2 aliphatic rings. The molecule has 446 valence electrons.